The maximum atomic E-state index is 11.7. The molecule has 2 unspecified atom stereocenters. The largest absolute Gasteiger partial charge is 0.418 e. The van der Waals surface area contributed by atoms with Crippen LogP contribution in [0.25, 0.3) is 0 Å². The molecule has 7 heteroatoms. The van der Waals surface area contributed by atoms with Crippen LogP contribution in [0, 0.1) is 0 Å². The zero-order valence-corrected chi connectivity index (χ0v) is 4.74. The van der Waals surface area contributed by atoms with E-state index in [1.807, 2.05) is 10.9 Å². The van der Waals surface area contributed by atoms with E-state index in [0.717, 1.165) is 0 Å². The number of hydrazine groups is 1. The highest BCUT2D eigenvalue weighted by atomic mass is 19.4. The van der Waals surface area contributed by atoms with Crippen molar-refractivity contribution in [2.24, 2.45) is 0 Å². The lowest BCUT2D eigenvalue weighted by Crippen LogP contribution is -2.46. The van der Waals surface area contributed by atoms with E-state index in [1.54, 1.807) is 5.32 Å². The first-order valence-corrected chi connectivity index (χ1v) is 2.52. The van der Waals surface area contributed by atoms with E-state index in [9.17, 15) is 13.2 Å². The first kappa shape index (κ1) is 7.73. The second-order valence-electron chi connectivity index (χ2n) is 1.83. The highest BCUT2D eigenvalue weighted by Crippen LogP contribution is 2.19. The predicted octanol–water partition coefficient (Wildman–Crippen LogP) is -1.15. The summed E-state index contributed by atoms with van der Waals surface area (Å²) in [4.78, 5) is 0. The minimum atomic E-state index is -4.38. The van der Waals surface area contributed by atoms with E-state index in [1.165, 1.54) is 0 Å². The average molecular weight is 157 g/mol. The van der Waals surface area contributed by atoms with Crippen molar-refractivity contribution in [3.05, 3.63) is 0 Å². The van der Waals surface area contributed by atoms with Crippen LogP contribution in [-0.4, -0.2) is 23.8 Å². The number of hydrogen-bond acceptors (Lipinski definition) is 4. The Hall–Kier alpha value is -0.370. The summed E-state index contributed by atoms with van der Waals surface area (Å²) < 4.78 is 35.0. The van der Waals surface area contributed by atoms with Gasteiger partial charge in [0.2, 0.25) is 0 Å². The van der Waals surface area contributed by atoms with Crippen molar-refractivity contribution >= 4 is 0 Å². The molecule has 0 amide bonds. The minimum Gasteiger partial charge on any atom is -0.364 e. The summed E-state index contributed by atoms with van der Waals surface area (Å²) in [5.74, 6) is 0. The first-order valence-electron chi connectivity index (χ1n) is 2.52. The summed E-state index contributed by atoms with van der Waals surface area (Å²) >= 11 is 0. The zero-order valence-electron chi connectivity index (χ0n) is 4.74. The molecule has 1 aliphatic heterocycles. The molecule has 4 N–H and O–H groups in total. The Morgan fingerprint density at radius 1 is 1.20 bits per heavy atom. The molecule has 0 aliphatic carbocycles. The molecule has 1 aliphatic rings. The summed E-state index contributed by atoms with van der Waals surface area (Å²) in [7, 11) is 0. The molecule has 2 atom stereocenters. The van der Waals surface area contributed by atoms with Gasteiger partial charge in [-0.2, -0.15) is 13.2 Å². The highest BCUT2D eigenvalue weighted by molar-refractivity contribution is 4.76. The van der Waals surface area contributed by atoms with Crippen molar-refractivity contribution in [1.82, 2.24) is 16.2 Å². The lowest BCUT2D eigenvalue weighted by atomic mass is 10.5. The van der Waals surface area contributed by atoms with E-state index >= 15 is 0 Å². The maximum absolute atomic E-state index is 11.7. The number of hydrogen-bond donors (Lipinski definition) is 4. The molecule has 1 fully saturated rings. The van der Waals surface area contributed by atoms with Gasteiger partial charge < -0.3 is 5.11 Å². The third-order valence-corrected chi connectivity index (χ3v) is 1.02. The summed E-state index contributed by atoms with van der Waals surface area (Å²) in [6.07, 6.45) is -7.60. The fourth-order valence-corrected chi connectivity index (χ4v) is 0.580. The maximum Gasteiger partial charge on any atom is 0.418 e. The minimum absolute atomic E-state index is 1.34. The van der Waals surface area contributed by atoms with E-state index < -0.39 is 18.7 Å². The fraction of sp³-hybridized carbons (Fsp3) is 1.00. The van der Waals surface area contributed by atoms with Gasteiger partial charge in [0.25, 0.3) is 0 Å². The van der Waals surface area contributed by atoms with Crippen LogP contribution in [0.4, 0.5) is 13.2 Å². The van der Waals surface area contributed by atoms with Crippen molar-refractivity contribution < 1.29 is 18.3 Å². The second-order valence-corrected chi connectivity index (χ2v) is 1.83. The third kappa shape index (κ3) is 1.57. The fourth-order valence-electron chi connectivity index (χ4n) is 0.580. The molecular weight excluding hydrogens is 151 g/mol. The number of rotatable bonds is 0. The molecule has 1 heterocycles. The molecule has 0 bridgehead atoms. The lowest BCUT2D eigenvalue weighted by molar-refractivity contribution is -0.159. The van der Waals surface area contributed by atoms with Crippen LogP contribution >= 0.6 is 0 Å². The van der Waals surface area contributed by atoms with Crippen LogP contribution in [0.15, 0.2) is 0 Å². The van der Waals surface area contributed by atoms with Crippen LogP contribution in [0.3, 0.4) is 0 Å². The van der Waals surface area contributed by atoms with Gasteiger partial charge in [0.15, 0.2) is 12.5 Å². The van der Waals surface area contributed by atoms with Crippen LogP contribution in [0.2, 0.25) is 0 Å². The van der Waals surface area contributed by atoms with Crippen molar-refractivity contribution in [1.29, 1.82) is 0 Å². The van der Waals surface area contributed by atoms with Gasteiger partial charge in [-0.15, -0.1) is 0 Å². The summed E-state index contributed by atoms with van der Waals surface area (Å²) in [6, 6.07) is 0. The Labute approximate surface area is 54.4 Å². The molecule has 1 saturated heterocycles. The van der Waals surface area contributed by atoms with E-state index in [-0.39, 0.29) is 0 Å². The number of alkyl halides is 3. The van der Waals surface area contributed by atoms with Gasteiger partial charge in [-0.05, 0) is 0 Å². The van der Waals surface area contributed by atoms with Crippen LogP contribution in [0.1, 0.15) is 0 Å². The van der Waals surface area contributed by atoms with Crippen molar-refractivity contribution in [3.63, 3.8) is 0 Å². The van der Waals surface area contributed by atoms with Gasteiger partial charge in [0, 0.05) is 0 Å². The van der Waals surface area contributed by atoms with E-state index in [2.05, 4.69) is 0 Å². The quantitative estimate of drug-likeness (QED) is 0.358. The van der Waals surface area contributed by atoms with Crippen molar-refractivity contribution in [2.45, 2.75) is 18.7 Å². The lowest BCUT2D eigenvalue weighted by Gasteiger charge is -2.13. The number of aliphatic hydroxyl groups is 1. The van der Waals surface area contributed by atoms with Gasteiger partial charge in [-0.3, -0.25) is 5.32 Å². The summed E-state index contributed by atoms with van der Waals surface area (Å²) in [5.41, 5.74) is 3.76. The Morgan fingerprint density at radius 2 is 1.80 bits per heavy atom. The molecule has 0 aromatic heterocycles. The average Bonchev–Trinajstić information content (AvgIpc) is 2.11. The molecule has 0 radical (unpaired) electrons. The Bertz CT molecular complexity index is 127. The normalized spacial score (nSPS) is 34.8. The molecule has 0 aromatic carbocycles. The topological polar surface area (TPSA) is 56.3 Å². The van der Waals surface area contributed by atoms with E-state index in [0.29, 0.717) is 0 Å². The Morgan fingerprint density at radius 3 is 2.00 bits per heavy atom. The first-order chi connectivity index (χ1) is 4.50. The SMILES string of the molecule is OC1NNC(C(F)(F)F)N1. The molecule has 1 rings (SSSR count). The van der Waals surface area contributed by atoms with Crippen molar-refractivity contribution in [2.75, 3.05) is 0 Å². The van der Waals surface area contributed by atoms with Gasteiger partial charge in [0.05, 0.1) is 0 Å². The third-order valence-electron chi connectivity index (χ3n) is 1.02. The van der Waals surface area contributed by atoms with Gasteiger partial charge >= 0.3 is 6.18 Å². The van der Waals surface area contributed by atoms with Crippen LogP contribution in [-0.2, 0) is 0 Å². The summed E-state index contributed by atoms with van der Waals surface area (Å²) in [6.45, 7) is 0. The zero-order chi connectivity index (χ0) is 7.78. The van der Waals surface area contributed by atoms with Gasteiger partial charge in [0.1, 0.15) is 0 Å². The van der Waals surface area contributed by atoms with Gasteiger partial charge in [-0.25, -0.2) is 10.9 Å². The number of nitrogens with one attached hydrogen (secondary N) is 3. The monoisotopic (exact) mass is 157 g/mol. The standard InChI is InChI=1S/C3H6F3N3O/c4-3(5,6)1-7-2(10)9-8-1/h1-2,7-10H. The Balaban J connectivity index is 2.45. The number of halogens is 3. The van der Waals surface area contributed by atoms with E-state index in [4.69, 9.17) is 5.11 Å². The van der Waals surface area contributed by atoms with Crippen LogP contribution in [0.5, 0.6) is 0 Å². The predicted molar refractivity (Wildman–Crippen MR) is 25.3 cm³/mol. The molecule has 0 aromatic rings. The van der Waals surface area contributed by atoms with Gasteiger partial charge in [-0.1, -0.05) is 0 Å². The molecule has 4 nitrogen and oxygen atoms in total. The van der Waals surface area contributed by atoms with Crippen molar-refractivity contribution in [3.8, 4) is 0 Å². The van der Waals surface area contributed by atoms with Crippen LogP contribution < -0.4 is 16.2 Å². The molecular formula is C3H6F3N3O. The molecule has 0 spiro atoms. The Kier molecular flexibility index (Phi) is 1.82. The molecule has 0 saturated carbocycles. The second kappa shape index (κ2) is 2.35. The number of aliphatic hydroxyl groups excluding tert-OH is 1. The molecule has 10 heavy (non-hydrogen) atoms. The smallest absolute Gasteiger partial charge is 0.364 e. The highest BCUT2D eigenvalue weighted by Gasteiger charge is 2.43. The molecule has 60 valence electrons. The summed E-state index contributed by atoms with van der Waals surface area (Å²) in [5, 5.41) is 10.3.